The van der Waals surface area contributed by atoms with Crippen LogP contribution < -0.4 is 10.1 Å². The number of fused-ring (bicyclic) bond motifs is 1. The van der Waals surface area contributed by atoms with Crippen LogP contribution in [0.4, 0.5) is 24.5 Å². The molecule has 0 radical (unpaired) electrons. The van der Waals surface area contributed by atoms with E-state index in [9.17, 15) is 13.2 Å². The van der Waals surface area contributed by atoms with Crippen LogP contribution in [0.1, 0.15) is 34.8 Å². The van der Waals surface area contributed by atoms with Crippen LogP contribution in [-0.2, 0) is 6.18 Å². The normalized spacial score (nSPS) is 15.9. The smallest absolute Gasteiger partial charge is 0.416 e. The molecule has 0 amide bonds. The van der Waals surface area contributed by atoms with Crippen molar-refractivity contribution in [3.05, 3.63) is 132 Å². The Bertz CT molecular complexity index is 1600. The topological polar surface area (TPSA) is 37.4 Å². The summed E-state index contributed by atoms with van der Waals surface area (Å²) in [4.78, 5) is 6.88. The predicted octanol–water partition coefficient (Wildman–Crippen LogP) is 8.55. The maximum absolute atomic E-state index is 14.0. The first kappa shape index (κ1) is 26.8. The highest BCUT2D eigenvalue weighted by Gasteiger charge is 2.34. The largest absolute Gasteiger partial charge is 0.489 e. The van der Waals surface area contributed by atoms with E-state index in [1.54, 1.807) is 6.07 Å². The van der Waals surface area contributed by atoms with Crippen LogP contribution in [0.15, 0.2) is 109 Å². The number of rotatable bonds is 7. The molecule has 0 bridgehead atoms. The number of benzene rings is 4. The molecule has 1 aliphatic rings. The number of ether oxygens (including phenoxy) is 1. The molecular weight excluding hydrogens is 523 g/mol. The van der Waals surface area contributed by atoms with E-state index in [-0.39, 0.29) is 17.9 Å². The molecule has 0 spiro atoms. The summed E-state index contributed by atoms with van der Waals surface area (Å²) in [7, 11) is 0. The summed E-state index contributed by atoms with van der Waals surface area (Å²) in [5.74, 6) is 0.195. The Labute approximate surface area is 237 Å². The van der Waals surface area contributed by atoms with E-state index < -0.39 is 11.7 Å². The van der Waals surface area contributed by atoms with Crippen molar-refractivity contribution in [2.24, 2.45) is 0 Å². The second-order valence-electron chi connectivity index (χ2n) is 10.4. The summed E-state index contributed by atoms with van der Waals surface area (Å²) in [6.07, 6.45) is -4.05. The first-order valence-electron chi connectivity index (χ1n) is 13.7. The van der Waals surface area contributed by atoms with Crippen LogP contribution >= 0.6 is 0 Å². The minimum atomic E-state index is -4.51. The van der Waals surface area contributed by atoms with E-state index in [4.69, 9.17) is 4.74 Å². The zero-order valence-electron chi connectivity index (χ0n) is 22.6. The predicted molar refractivity (Wildman–Crippen MR) is 157 cm³/mol. The van der Waals surface area contributed by atoms with Crippen LogP contribution in [-0.4, -0.2) is 29.1 Å². The van der Waals surface area contributed by atoms with E-state index in [1.807, 2.05) is 73.7 Å². The van der Waals surface area contributed by atoms with Crippen molar-refractivity contribution in [2.75, 3.05) is 18.4 Å². The van der Waals surface area contributed by atoms with Gasteiger partial charge in [-0.25, -0.2) is 0 Å². The lowest BCUT2D eigenvalue weighted by Gasteiger charge is -2.29. The molecule has 4 aromatic carbocycles. The minimum absolute atomic E-state index is 0.0351. The van der Waals surface area contributed by atoms with Crippen LogP contribution in [0.25, 0.3) is 10.9 Å². The number of nitrogens with one attached hydrogen (secondary N) is 1. The fraction of sp³-hybridized carbons (Fsp3) is 0.206. The summed E-state index contributed by atoms with van der Waals surface area (Å²) in [5, 5.41) is 4.04. The fourth-order valence-corrected chi connectivity index (χ4v) is 5.63. The monoisotopic (exact) mass is 553 g/mol. The lowest BCUT2D eigenvalue weighted by Crippen LogP contribution is -2.30. The standard InChI is InChI=1S/C34H30F3N3O/c1-23-18-32(30-14-8-9-15-31(30)38-23)39-27-19-26(34(35,36)37)20-29(21-27)41-28-16-17-40(22-28)33(24-10-4-2-5-11-24)25-12-6-3-7-13-25/h2-15,18-21,28,33H,16-17,22H2,1H3,(H,38,39). The van der Waals surface area contributed by atoms with Gasteiger partial charge in [-0.1, -0.05) is 78.9 Å². The van der Waals surface area contributed by atoms with Crippen LogP contribution in [0.5, 0.6) is 5.75 Å². The highest BCUT2D eigenvalue weighted by molar-refractivity contribution is 5.93. The summed E-state index contributed by atoms with van der Waals surface area (Å²) in [6.45, 7) is 3.23. The third-order valence-electron chi connectivity index (χ3n) is 7.43. The van der Waals surface area contributed by atoms with Crippen molar-refractivity contribution in [1.29, 1.82) is 0 Å². The lowest BCUT2D eigenvalue weighted by molar-refractivity contribution is -0.137. The molecule has 4 nitrogen and oxygen atoms in total. The molecule has 5 aromatic rings. The van der Waals surface area contributed by atoms with Crippen molar-refractivity contribution in [3.63, 3.8) is 0 Å². The Morgan fingerprint density at radius 3 is 2.20 bits per heavy atom. The van der Waals surface area contributed by atoms with Gasteiger partial charge in [-0.3, -0.25) is 9.88 Å². The van der Waals surface area contributed by atoms with Crippen molar-refractivity contribution < 1.29 is 17.9 Å². The van der Waals surface area contributed by atoms with Crippen LogP contribution in [0.2, 0.25) is 0 Å². The summed E-state index contributed by atoms with van der Waals surface area (Å²) in [5.41, 5.74) is 4.14. The van der Waals surface area contributed by atoms with Gasteiger partial charge in [0, 0.05) is 41.6 Å². The van der Waals surface area contributed by atoms with Crippen molar-refractivity contribution >= 4 is 22.3 Å². The first-order chi connectivity index (χ1) is 19.8. The maximum atomic E-state index is 14.0. The number of nitrogens with zero attached hydrogens (tertiary/aromatic N) is 2. The molecular formula is C34H30F3N3O. The van der Waals surface area contributed by atoms with E-state index in [0.717, 1.165) is 35.3 Å². The number of halogens is 3. The van der Waals surface area contributed by atoms with Gasteiger partial charge in [-0.15, -0.1) is 0 Å². The molecule has 1 fully saturated rings. The van der Waals surface area contributed by atoms with E-state index in [2.05, 4.69) is 39.5 Å². The Kier molecular flexibility index (Phi) is 7.37. The van der Waals surface area contributed by atoms with E-state index in [0.29, 0.717) is 24.3 Å². The second kappa shape index (κ2) is 11.3. The summed E-state index contributed by atoms with van der Waals surface area (Å²) in [6, 6.07) is 33.9. The van der Waals surface area contributed by atoms with Crippen LogP contribution in [0, 0.1) is 6.92 Å². The molecule has 2 heterocycles. The minimum Gasteiger partial charge on any atom is -0.489 e. The van der Waals surface area contributed by atoms with Gasteiger partial charge >= 0.3 is 6.18 Å². The number of alkyl halides is 3. The number of hydrogen-bond acceptors (Lipinski definition) is 4. The number of aryl methyl sites for hydroxylation is 1. The van der Waals surface area contributed by atoms with E-state index >= 15 is 0 Å². The van der Waals surface area contributed by atoms with Gasteiger partial charge in [0.2, 0.25) is 0 Å². The zero-order chi connectivity index (χ0) is 28.4. The van der Waals surface area contributed by atoms with Crippen LogP contribution in [0.3, 0.4) is 0 Å². The van der Waals surface area contributed by atoms with E-state index in [1.165, 1.54) is 11.1 Å². The molecule has 1 unspecified atom stereocenters. The average Bonchev–Trinajstić information content (AvgIpc) is 3.41. The highest BCUT2D eigenvalue weighted by Crippen LogP contribution is 2.38. The second-order valence-corrected chi connectivity index (χ2v) is 10.4. The molecule has 1 saturated heterocycles. The average molecular weight is 554 g/mol. The fourth-order valence-electron chi connectivity index (χ4n) is 5.63. The molecule has 6 rings (SSSR count). The Morgan fingerprint density at radius 2 is 1.51 bits per heavy atom. The Morgan fingerprint density at radius 1 is 0.854 bits per heavy atom. The molecule has 208 valence electrons. The summed E-state index contributed by atoms with van der Waals surface area (Å²) >= 11 is 0. The number of aromatic nitrogens is 1. The third-order valence-corrected chi connectivity index (χ3v) is 7.43. The summed E-state index contributed by atoms with van der Waals surface area (Å²) < 4.78 is 48.1. The van der Waals surface area contributed by atoms with Gasteiger partial charge in [-0.05, 0) is 48.7 Å². The molecule has 1 aromatic heterocycles. The first-order valence-corrected chi connectivity index (χ1v) is 13.7. The van der Waals surface area contributed by atoms with Gasteiger partial charge in [0.15, 0.2) is 0 Å². The Balaban J connectivity index is 1.27. The molecule has 1 atom stereocenters. The molecule has 0 aliphatic carbocycles. The van der Waals surface area contributed by atoms with Gasteiger partial charge in [0.25, 0.3) is 0 Å². The third kappa shape index (κ3) is 6.05. The molecule has 1 N–H and O–H groups in total. The Hall–Kier alpha value is -4.36. The molecule has 0 saturated carbocycles. The number of para-hydroxylation sites is 1. The quantitative estimate of drug-likeness (QED) is 0.219. The van der Waals surface area contributed by atoms with Gasteiger partial charge in [0.1, 0.15) is 11.9 Å². The SMILES string of the molecule is Cc1cc(Nc2cc(OC3CCN(C(c4ccccc4)c4ccccc4)C3)cc(C(F)(F)F)c2)c2ccccc2n1. The number of hydrogen-bond donors (Lipinski definition) is 1. The number of pyridine rings is 1. The van der Waals surface area contributed by atoms with Crippen molar-refractivity contribution in [3.8, 4) is 5.75 Å². The van der Waals surface area contributed by atoms with Gasteiger partial charge < -0.3 is 10.1 Å². The molecule has 1 aliphatic heterocycles. The molecule has 41 heavy (non-hydrogen) atoms. The van der Waals surface area contributed by atoms with Crippen molar-refractivity contribution in [2.45, 2.75) is 31.7 Å². The maximum Gasteiger partial charge on any atom is 0.416 e. The number of likely N-dealkylation sites (tertiary alicyclic amines) is 1. The highest BCUT2D eigenvalue weighted by atomic mass is 19.4. The van der Waals surface area contributed by atoms with Gasteiger partial charge in [-0.2, -0.15) is 13.2 Å². The molecule has 7 heteroatoms. The zero-order valence-corrected chi connectivity index (χ0v) is 22.6. The van der Waals surface area contributed by atoms with Crippen molar-refractivity contribution in [1.82, 2.24) is 9.88 Å². The van der Waals surface area contributed by atoms with Gasteiger partial charge in [0.05, 0.1) is 17.1 Å². The lowest BCUT2D eigenvalue weighted by atomic mass is 9.97. The number of anilines is 2.